The van der Waals surface area contributed by atoms with Crippen molar-refractivity contribution in [2.45, 2.75) is 18.0 Å². The van der Waals surface area contributed by atoms with Gasteiger partial charge in [-0.2, -0.15) is 18.2 Å². The van der Waals surface area contributed by atoms with Crippen LogP contribution in [0.3, 0.4) is 0 Å². The number of carbonyl (C=O) groups is 1. The first-order valence-electron chi connectivity index (χ1n) is 9.95. The van der Waals surface area contributed by atoms with Gasteiger partial charge >= 0.3 is 12.1 Å². The molecule has 1 heterocycles. The van der Waals surface area contributed by atoms with Gasteiger partial charge in [-0.05, 0) is 37.3 Å². The summed E-state index contributed by atoms with van der Waals surface area (Å²) in [5.74, 6) is -1.43. The van der Waals surface area contributed by atoms with E-state index >= 15 is 0 Å². The highest BCUT2D eigenvalue weighted by Crippen LogP contribution is 2.36. The summed E-state index contributed by atoms with van der Waals surface area (Å²) in [5.41, 5.74) is -2.09. The topological polar surface area (TPSA) is 135 Å². The predicted octanol–water partition coefficient (Wildman–Crippen LogP) is 4.19. The van der Waals surface area contributed by atoms with Crippen molar-refractivity contribution in [2.24, 2.45) is 0 Å². The molecule has 13 heteroatoms. The fraction of sp³-hybridized carbons (Fsp3) is 0.182. The summed E-state index contributed by atoms with van der Waals surface area (Å²) in [5, 5.41) is 14.2. The molecule has 0 saturated carbocycles. The van der Waals surface area contributed by atoms with Crippen LogP contribution in [0.1, 0.15) is 18.4 Å². The van der Waals surface area contributed by atoms with E-state index in [1.54, 1.807) is 0 Å². The molecule has 0 atom stereocenters. The minimum atomic E-state index is -4.70. The number of aromatic nitrogens is 2. The quantitative estimate of drug-likeness (QED) is 0.342. The number of ether oxygens (including phenoxy) is 1. The van der Waals surface area contributed by atoms with Crippen LogP contribution < -0.4 is 5.32 Å². The van der Waals surface area contributed by atoms with Crippen LogP contribution in [0.15, 0.2) is 64.0 Å². The molecule has 1 aromatic heterocycles. The molecule has 0 aliphatic heterocycles. The van der Waals surface area contributed by atoms with Gasteiger partial charge in [0.05, 0.1) is 22.8 Å². The molecule has 0 aliphatic rings. The number of para-hydroxylation sites is 1. The molecule has 35 heavy (non-hydrogen) atoms. The van der Waals surface area contributed by atoms with Crippen molar-refractivity contribution in [3.05, 3.63) is 66.1 Å². The Morgan fingerprint density at radius 1 is 1.20 bits per heavy atom. The molecule has 0 saturated heterocycles. The predicted molar refractivity (Wildman–Crippen MR) is 120 cm³/mol. The van der Waals surface area contributed by atoms with Crippen LogP contribution in [0.2, 0.25) is 0 Å². The lowest BCUT2D eigenvalue weighted by Crippen LogP contribution is -2.16. The van der Waals surface area contributed by atoms with E-state index in [1.807, 2.05) is 0 Å². The molecule has 0 radical (unpaired) electrons. The van der Waals surface area contributed by atoms with E-state index < -0.39 is 33.3 Å². The molecule has 184 valence electrons. The Balaban J connectivity index is 2.06. The fourth-order valence-corrected chi connectivity index (χ4v) is 3.53. The van der Waals surface area contributed by atoms with Crippen LogP contribution in [0, 0.1) is 5.41 Å². The molecule has 9 nitrogen and oxygen atoms in total. The van der Waals surface area contributed by atoms with Gasteiger partial charge < -0.3 is 14.6 Å². The lowest BCUT2D eigenvalue weighted by atomic mass is 10.1. The van der Waals surface area contributed by atoms with Crippen LogP contribution in [-0.4, -0.2) is 43.1 Å². The highest BCUT2D eigenvalue weighted by atomic mass is 32.2. The summed E-state index contributed by atoms with van der Waals surface area (Å²) in [6.45, 7) is 1.51. The number of hydrogen-bond acceptors (Lipinski definition) is 9. The van der Waals surface area contributed by atoms with Gasteiger partial charge in [-0.15, -0.1) is 0 Å². The molecular weight excluding hydrogens is 489 g/mol. The van der Waals surface area contributed by atoms with E-state index in [0.29, 0.717) is 0 Å². The van der Waals surface area contributed by atoms with Gasteiger partial charge in [0.2, 0.25) is 5.82 Å². The van der Waals surface area contributed by atoms with E-state index in [4.69, 9.17) is 14.7 Å². The number of nitrogens with one attached hydrogen (secondary N) is 2. The van der Waals surface area contributed by atoms with E-state index in [2.05, 4.69) is 15.5 Å². The third-order valence-corrected chi connectivity index (χ3v) is 5.57. The van der Waals surface area contributed by atoms with Gasteiger partial charge in [-0.3, -0.25) is 5.41 Å². The fourth-order valence-electron chi connectivity index (χ4n) is 2.86. The minimum absolute atomic E-state index is 0.00145. The number of nitrogens with zero attached hydrogens (tertiary/aromatic N) is 2. The van der Waals surface area contributed by atoms with Crippen LogP contribution in [0.25, 0.3) is 17.1 Å². The first-order chi connectivity index (χ1) is 16.4. The molecule has 0 fully saturated rings. The molecule has 3 rings (SSSR count). The number of carbonyl (C=O) groups excluding carboxylic acids is 1. The molecule has 0 bridgehead atoms. The Morgan fingerprint density at radius 2 is 1.91 bits per heavy atom. The summed E-state index contributed by atoms with van der Waals surface area (Å²) in [7, 11) is -3.53. The van der Waals surface area contributed by atoms with Crippen molar-refractivity contribution in [3.8, 4) is 11.4 Å². The van der Waals surface area contributed by atoms with Crippen LogP contribution in [-0.2, 0) is 25.5 Å². The monoisotopic (exact) mass is 508 g/mol. The van der Waals surface area contributed by atoms with Gasteiger partial charge in [0.15, 0.2) is 9.84 Å². The van der Waals surface area contributed by atoms with Crippen LogP contribution >= 0.6 is 0 Å². The third-order valence-electron chi connectivity index (χ3n) is 4.46. The molecule has 0 spiro atoms. The largest absolute Gasteiger partial charge is 0.461 e. The third kappa shape index (κ3) is 6.32. The van der Waals surface area contributed by atoms with E-state index in [0.717, 1.165) is 24.5 Å². The number of sulfone groups is 1. The van der Waals surface area contributed by atoms with Gasteiger partial charge in [-0.1, -0.05) is 29.4 Å². The highest BCUT2D eigenvalue weighted by molar-refractivity contribution is 7.90. The van der Waals surface area contributed by atoms with Gasteiger partial charge in [0, 0.05) is 11.8 Å². The Morgan fingerprint density at radius 3 is 2.57 bits per heavy atom. The number of rotatable bonds is 8. The summed E-state index contributed by atoms with van der Waals surface area (Å²) in [6.07, 6.45) is -2.78. The Kier molecular flexibility index (Phi) is 7.39. The SMILES string of the molecule is CCOC(=O)C(=N)/C=C(\Nc1ccccc1C(F)(F)F)c1nc(-c2cccc(S(C)(=O)=O)c2)no1. The summed E-state index contributed by atoms with van der Waals surface area (Å²) in [4.78, 5) is 16.0. The lowest BCUT2D eigenvalue weighted by molar-refractivity contribution is -0.137. The number of alkyl halides is 3. The molecule has 2 aromatic carbocycles. The second-order valence-electron chi connectivity index (χ2n) is 7.08. The number of halogens is 3. The average Bonchev–Trinajstić information content (AvgIpc) is 3.28. The van der Waals surface area contributed by atoms with Crippen molar-refractivity contribution < 1.29 is 35.6 Å². The average molecular weight is 508 g/mol. The number of hydrogen-bond donors (Lipinski definition) is 2. The first kappa shape index (κ1) is 25.6. The molecule has 0 unspecified atom stereocenters. The van der Waals surface area contributed by atoms with Gasteiger partial charge in [-0.25, -0.2) is 13.2 Å². The zero-order valence-electron chi connectivity index (χ0n) is 18.4. The zero-order chi connectivity index (χ0) is 25.8. The van der Waals surface area contributed by atoms with Crippen molar-refractivity contribution in [3.63, 3.8) is 0 Å². The van der Waals surface area contributed by atoms with Crippen LogP contribution in [0.4, 0.5) is 18.9 Å². The molecule has 3 aromatic rings. The van der Waals surface area contributed by atoms with Crippen molar-refractivity contribution in [2.75, 3.05) is 18.2 Å². The van der Waals surface area contributed by atoms with Crippen molar-refractivity contribution in [1.29, 1.82) is 5.41 Å². The molecular formula is C22H19F3N4O5S. The van der Waals surface area contributed by atoms with E-state index in [9.17, 15) is 26.4 Å². The molecule has 2 N–H and O–H groups in total. The maximum Gasteiger partial charge on any atom is 0.418 e. The Bertz CT molecular complexity index is 1400. The second-order valence-corrected chi connectivity index (χ2v) is 9.10. The summed E-state index contributed by atoms with van der Waals surface area (Å²) < 4.78 is 74.0. The summed E-state index contributed by atoms with van der Waals surface area (Å²) >= 11 is 0. The lowest BCUT2D eigenvalue weighted by Gasteiger charge is -2.15. The maximum absolute atomic E-state index is 13.5. The van der Waals surface area contributed by atoms with Gasteiger partial charge in [0.25, 0.3) is 5.89 Å². The van der Waals surface area contributed by atoms with E-state index in [-0.39, 0.29) is 40.2 Å². The zero-order valence-corrected chi connectivity index (χ0v) is 19.2. The highest BCUT2D eigenvalue weighted by Gasteiger charge is 2.33. The van der Waals surface area contributed by atoms with Crippen molar-refractivity contribution >= 4 is 32.9 Å². The number of benzene rings is 2. The smallest absolute Gasteiger partial charge is 0.418 e. The minimum Gasteiger partial charge on any atom is -0.461 e. The van der Waals surface area contributed by atoms with Crippen molar-refractivity contribution in [1.82, 2.24) is 10.1 Å². The van der Waals surface area contributed by atoms with Gasteiger partial charge in [0.1, 0.15) is 11.4 Å². The Hall–Kier alpha value is -4.00. The standard InChI is InChI=1S/C22H19F3N4O5S/c1-3-33-21(30)16(26)12-18(27-17-10-5-4-9-15(17)22(23,24)25)20-28-19(29-34-20)13-7-6-8-14(11-13)35(2,31)32/h4-12,26-27H,3H2,1-2H3/b18-12-,26-16?. The van der Waals surface area contributed by atoms with Crippen LogP contribution in [0.5, 0.6) is 0 Å². The Labute approximate surface area is 198 Å². The van der Waals surface area contributed by atoms with E-state index in [1.165, 1.54) is 43.3 Å². The number of esters is 1. The maximum atomic E-state index is 13.5. The summed E-state index contributed by atoms with van der Waals surface area (Å²) in [6, 6.07) is 10.2. The molecule has 0 amide bonds. The number of anilines is 1. The normalized spacial score (nSPS) is 12.3. The first-order valence-corrected chi connectivity index (χ1v) is 11.8. The second kappa shape index (κ2) is 10.1. The molecule has 0 aliphatic carbocycles.